The Bertz CT molecular complexity index is 834. The lowest BCUT2D eigenvalue weighted by molar-refractivity contribution is 0.0373. The zero-order valence-corrected chi connectivity index (χ0v) is 18.4. The Hall–Kier alpha value is -2.40. The summed E-state index contributed by atoms with van der Waals surface area (Å²) in [5, 5.41) is 3.60. The highest BCUT2D eigenvalue weighted by atomic mass is 15.3. The number of piperidine rings is 2. The van der Waals surface area contributed by atoms with Crippen molar-refractivity contribution in [3.05, 3.63) is 65.5 Å². The van der Waals surface area contributed by atoms with Crippen LogP contribution in [0.4, 0.5) is 0 Å². The molecule has 2 aromatic rings. The van der Waals surface area contributed by atoms with Gasteiger partial charge in [-0.3, -0.25) is 14.9 Å². The molecule has 0 spiro atoms. The van der Waals surface area contributed by atoms with Crippen molar-refractivity contribution in [2.24, 2.45) is 10.9 Å². The SMILES string of the molecule is CN=C(NCCc1ccncc1C)N1CCC2C(CCCN2Cc2ccccc2)C1. The van der Waals surface area contributed by atoms with Crippen molar-refractivity contribution in [3.63, 3.8) is 0 Å². The highest BCUT2D eigenvalue weighted by molar-refractivity contribution is 5.80. The van der Waals surface area contributed by atoms with Gasteiger partial charge in [0.1, 0.15) is 0 Å². The molecule has 0 radical (unpaired) electrons. The fraction of sp³-hybridized carbons (Fsp3) is 0.520. The van der Waals surface area contributed by atoms with Crippen molar-refractivity contribution in [1.29, 1.82) is 0 Å². The van der Waals surface area contributed by atoms with E-state index in [0.29, 0.717) is 6.04 Å². The highest BCUT2D eigenvalue weighted by Crippen LogP contribution is 2.31. The van der Waals surface area contributed by atoms with E-state index in [2.05, 4.69) is 68.4 Å². The number of fused-ring (bicyclic) bond motifs is 1. The van der Waals surface area contributed by atoms with Gasteiger partial charge in [-0.2, -0.15) is 0 Å². The van der Waals surface area contributed by atoms with E-state index in [1.807, 2.05) is 19.4 Å². The Morgan fingerprint density at radius 1 is 1.17 bits per heavy atom. The third-order valence-corrected chi connectivity index (χ3v) is 6.74. The van der Waals surface area contributed by atoms with Gasteiger partial charge in [0, 0.05) is 51.7 Å². The maximum atomic E-state index is 4.60. The van der Waals surface area contributed by atoms with E-state index in [0.717, 1.165) is 44.5 Å². The molecule has 1 N–H and O–H groups in total. The number of hydrogen-bond donors (Lipinski definition) is 1. The summed E-state index contributed by atoms with van der Waals surface area (Å²) >= 11 is 0. The normalized spacial score (nSPS) is 22.6. The molecule has 5 nitrogen and oxygen atoms in total. The minimum Gasteiger partial charge on any atom is -0.356 e. The zero-order chi connectivity index (χ0) is 20.8. The summed E-state index contributed by atoms with van der Waals surface area (Å²) < 4.78 is 0. The minimum atomic E-state index is 0.702. The van der Waals surface area contributed by atoms with Gasteiger partial charge in [0.15, 0.2) is 5.96 Å². The number of aryl methyl sites for hydroxylation is 1. The molecule has 4 rings (SSSR count). The predicted octanol–water partition coefficient (Wildman–Crippen LogP) is 3.49. The molecule has 5 heteroatoms. The Kier molecular flexibility index (Phi) is 7.00. The average molecular weight is 406 g/mol. The molecule has 2 saturated heterocycles. The lowest BCUT2D eigenvalue weighted by atomic mass is 9.83. The fourth-order valence-electron chi connectivity index (χ4n) is 5.14. The number of rotatable bonds is 5. The van der Waals surface area contributed by atoms with Crippen LogP contribution in [-0.4, -0.2) is 60.0 Å². The number of pyridine rings is 1. The average Bonchev–Trinajstić information content (AvgIpc) is 2.78. The van der Waals surface area contributed by atoms with E-state index in [9.17, 15) is 0 Å². The second kappa shape index (κ2) is 10.1. The Morgan fingerprint density at radius 2 is 2.03 bits per heavy atom. The van der Waals surface area contributed by atoms with Gasteiger partial charge in [-0.25, -0.2) is 0 Å². The Balaban J connectivity index is 1.31. The molecule has 0 amide bonds. The maximum absolute atomic E-state index is 4.60. The molecule has 2 fully saturated rings. The Labute approximate surface area is 181 Å². The van der Waals surface area contributed by atoms with Crippen LogP contribution in [0.2, 0.25) is 0 Å². The van der Waals surface area contributed by atoms with Crippen LogP contribution < -0.4 is 5.32 Å². The molecular weight excluding hydrogens is 370 g/mol. The first-order chi connectivity index (χ1) is 14.7. The first-order valence-corrected chi connectivity index (χ1v) is 11.4. The van der Waals surface area contributed by atoms with E-state index in [1.54, 1.807) is 0 Å². The predicted molar refractivity (Wildman–Crippen MR) is 124 cm³/mol. The molecule has 3 heterocycles. The van der Waals surface area contributed by atoms with Gasteiger partial charge in [0.25, 0.3) is 0 Å². The molecule has 2 atom stereocenters. The summed E-state index contributed by atoms with van der Waals surface area (Å²) in [6, 6.07) is 13.8. The monoisotopic (exact) mass is 405 g/mol. The van der Waals surface area contributed by atoms with Gasteiger partial charge >= 0.3 is 0 Å². The Morgan fingerprint density at radius 3 is 2.83 bits per heavy atom. The number of aliphatic imine (C=N–C) groups is 1. The summed E-state index contributed by atoms with van der Waals surface area (Å²) in [6.45, 7) is 7.55. The third-order valence-electron chi connectivity index (χ3n) is 6.74. The molecule has 2 aliphatic heterocycles. The van der Waals surface area contributed by atoms with Crippen molar-refractivity contribution < 1.29 is 0 Å². The van der Waals surface area contributed by atoms with Crippen molar-refractivity contribution in [2.45, 2.75) is 45.2 Å². The number of aromatic nitrogens is 1. The summed E-state index contributed by atoms with van der Waals surface area (Å²) in [5.74, 6) is 1.79. The lowest BCUT2D eigenvalue weighted by Gasteiger charge is -2.48. The molecule has 30 heavy (non-hydrogen) atoms. The van der Waals surface area contributed by atoms with Crippen LogP contribution in [0, 0.1) is 12.8 Å². The van der Waals surface area contributed by atoms with Crippen molar-refractivity contribution in [3.8, 4) is 0 Å². The van der Waals surface area contributed by atoms with E-state index in [1.165, 1.54) is 42.5 Å². The van der Waals surface area contributed by atoms with Gasteiger partial charge in [-0.15, -0.1) is 0 Å². The van der Waals surface area contributed by atoms with Gasteiger partial charge < -0.3 is 10.2 Å². The molecule has 160 valence electrons. The first kappa shape index (κ1) is 20.9. The van der Waals surface area contributed by atoms with Crippen LogP contribution in [0.5, 0.6) is 0 Å². The molecule has 2 unspecified atom stereocenters. The van der Waals surface area contributed by atoms with E-state index in [-0.39, 0.29) is 0 Å². The summed E-state index contributed by atoms with van der Waals surface area (Å²) in [7, 11) is 1.91. The summed E-state index contributed by atoms with van der Waals surface area (Å²) in [4.78, 5) is 14.0. The number of nitrogens with one attached hydrogen (secondary N) is 1. The molecule has 0 aliphatic carbocycles. The second-order valence-electron chi connectivity index (χ2n) is 8.69. The van der Waals surface area contributed by atoms with E-state index in [4.69, 9.17) is 0 Å². The largest absolute Gasteiger partial charge is 0.356 e. The number of hydrogen-bond acceptors (Lipinski definition) is 3. The number of likely N-dealkylation sites (tertiary alicyclic amines) is 2. The van der Waals surface area contributed by atoms with Crippen LogP contribution in [-0.2, 0) is 13.0 Å². The quantitative estimate of drug-likeness (QED) is 0.611. The number of guanidine groups is 1. The standard InChI is InChI=1S/C25H35N5/c1-20-17-27-13-10-22(20)11-14-28-25(26-2)30-16-12-24-23(19-30)9-6-15-29(24)18-21-7-4-3-5-8-21/h3-5,7-8,10,13,17,23-24H,6,9,11-12,14-16,18-19H2,1-2H3,(H,26,28). The van der Waals surface area contributed by atoms with Crippen molar-refractivity contribution in [1.82, 2.24) is 20.1 Å². The molecule has 1 aromatic heterocycles. The van der Waals surface area contributed by atoms with Gasteiger partial charge in [-0.1, -0.05) is 30.3 Å². The van der Waals surface area contributed by atoms with Crippen molar-refractivity contribution >= 4 is 5.96 Å². The zero-order valence-electron chi connectivity index (χ0n) is 18.4. The van der Waals surface area contributed by atoms with Crippen LogP contribution in [0.25, 0.3) is 0 Å². The fourth-order valence-corrected chi connectivity index (χ4v) is 5.14. The third kappa shape index (κ3) is 5.01. The van der Waals surface area contributed by atoms with E-state index >= 15 is 0 Å². The van der Waals surface area contributed by atoms with Crippen molar-refractivity contribution in [2.75, 3.05) is 33.2 Å². The smallest absolute Gasteiger partial charge is 0.193 e. The lowest BCUT2D eigenvalue weighted by Crippen LogP contribution is -2.56. The molecular formula is C25H35N5. The molecule has 1 aromatic carbocycles. The number of benzene rings is 1. The van der Waals surface area contributed by atoms with Crippen LogP contribution >= 0.6 is 0 Å². The van der Waals surface area contributed by atoms with Gasteiger partial charge in [-0.05, 0) is 67.8 Å². The molecule has 0 saturated carbocycles. The summed E-state index contributed by atoms with van der Waals surface area (Å²) in [5.41, 5.74) is 4.05. The van der Waals surface area contributed by atoms with E-state index < -0.39 is 0 Å². The minimum absolute atomic E-state index is 0.702. The first-order valence-electron chi connectivity index (χ1n) is 11.4. The maximum Gasteiger partial charge on any atom is 0.193 e. The second-order valence-corrected chi connectivity index (χ2v) is 8.69. The van der Waals surface area contributed by atoms with Crippen LogP contribution in [0.1, 0.15) is 36.0 Å². The molecule has 0 bridgehead atoms. The van der Waals surface area contributed by atoms with Gasteiger partial charge in [0.05, 0.1) is 0 Å². The number of nitrogens with zero attached hydrogens (tertiary/aromatic N) is 4. The van der Waals surface area contributed by atoms with Gasteiger partial charge in [0.2, 0.25) is 0 Å². The molecule has 2 aliphatic rings. The van der Waals surface area contributed by atoms with Crippen LogP contribution in [0.3, 0.4) is 0 Å². The topological polar surface area (TPSA) is 43.8 Å². The highest BCUT2D eigenvalue weighted by Gasteiger charge is 2.36. The van der Waals surface area contributed by atoms with Crippen LogP contribution in [0.15, 0.2) is 53.8 Å². The summed E-state index contributed by atoms with van der Waals surface area (Å²) in [6.07, 6.45) is 8.68.